The van der Waals surface area contributed by atoms with Crippen LogP contribution in [-0.2, 0) is 0 Å². The van der Waals surface area contributed by atoms with Gasteiger partial charge in [-0.25, -0.2) is 4.79 Å². The van der Waals surface area contributed by atoms with Gasteiger partial charge in [0.1, 0.15) is 0 Å². The van der Waals surface area contributed by atoms with Gasteiger partial charge in [0.15, 0.2) is 0 Å². The number of hydrogen-bond acceptors (Lipinski definition) is 1. The van der Waals surface area contributed by atoms with Crippen molar-refractivity contribution in [2.24, 2.45) is 11.5 Å². The Morgan fingerprint density at radius 2 is 1.40 bits per heavy atom. The molecule has 0 saturated heterocycles. The van der Waals surface area contributed by atoms with Crippen LogP contribution in [0.4, 0.5) is 4.79 Å². The topological polar surface area (TPSA) is 69.1 Å². The van der Waals surface area contributed by atoms with E-state index in [4.69, 9.17) is 4.79 Å². The minimum atomic E-state index is -0.833. The van der Waals surface area contributed by atoms with E-state index in [1.165, 1.54) is 0 Å². The van der Waals surface area contributed by atoms with E-state index in [0.29, 0.717) is 0 Å². The van der Waals surface area contributed by atoms with Crippen molar-refractivity contribution >= 4 is 14.4 Å². The summed E-state index contributed by atoms with van der Waals surface area (Å²) in [6.07, 6.45) is 0. The van der Waals surface area contributed by atoms with Gasteiger partial charge in [0.25, 0.3) is 0 Å². The molecule has 0 aliphatic heterocycles. The van der Waals surface area contributed by atoms with Gasteiger partial charge in [-0.1, -0.05) is 0 Å². The highest BCUT2D eigenvalue weighted by Crippen LogP contribution is 1.25. The highest BCUT2D eigenvalue weighted by Gasteiger charge is 1.60. The van der Waals surface area contributed by atoms with Crippen LogP contribution in [0.15, 0.2) is 0 Å². The molecule has 0 saturated carbocycles. The van der Waals surface area contributed by atoms with Gasteiger partial charge in [-0.15, -0.1) is 0 Å². The lowest BCUT2D eigenvalue weighted by Gasteiger charge is -1.62. The summed E-state index contributed by atoms with van der Waals surface area (Å²) in [5.74, 6) is 0. The molecule has 0 atom stereocenters. The molecule has 0 aromatic heterocycles. The van der Waals surface area contributed by atoms with Crippen LogP contribution < -0.4 is 11.5 Å². The second kappa shape index (κ2) is 3.33. The molecule has 3 radical (unpaired) electrons. The van der Waals surface area contributed by atoms with E-state index in [-0.39, 0.29) is 8.41 Å². The monoisotopic (exact) mass is 71.0 g/mol. The molecule has 0 aliphatic carbocycles. The van der Waals surface area contributed by atoms with Gasteiger partial charge in [-0.2, -0.15) is 0 Å². The van der Waals surface area contributed by atoms with Crippen molar-refractivity contribution in [2.45, 2.75) is 0 Å². The zero-order valence-electron chi connectivity index (χ0n) is 2.64. The van der Waals surface area contributed by atoms with E-state index < -0.39 is 6.03 Å². The number of nitrogens with two attached hydrogens (primary N) is 2. The molecule has 0 unspecified atom stereocenters. The first-order valence-corrected chi connectivity index (χ1v) is 0.781. The maximum Gasteiger partial charge on any atom is 0.309 e. The van der Waals surface area contributed by atoms with Gasteiger partial charge in [0, 0.05) is 8.41 Å². The number of rotatable bonds is 0. The summed E-state index contributed by atoms with van der Waals surface area (Å²) in [5, 5.41) is 0. The molecule has 0 aromatic carbocycles. The fourth-order valence-electron chi connectivity index (χ4n) is 0. The van der Waals surface area contributed by atoms with Gasteiger partial charge < -0.3 is 11.5 Å². The number of hydrogen-bond donors (Lipinski definition) is 2. The van der Waals surface area contributed by atoms with Crippen LogP contribution in [0, 0.1) is 0 Å². The molecular weight excluding hydrogens is 66.8 g/mol. The summed E-state index contributed by atoms with van der Waals surface area (Å²) in [6.45, 7) is 0. The predicted molar refractivity (Wildman–Crippen MR) is 19.5 cm³/mol. The van der Waals surface area contributed by atoms with Crippen molar-refractivity contribution in [2.75, 3.05) is 0 Å². The molecule has 0 heterocycles. The lowest BCUT2D eigenvalue weighted by atomic mass is 10.8. The molecule has 4 heteroatoms. The first-order valence-electron chi connectivity index (χ1n) is 0.781. The third-order valence-corrected chi connectivity index (χ3v) is 0. The first-order chi connectivity index (χ1) is 1.73. The van der Waals surface area contributed by atoms with Crippen LogP contribution in [0.2, 0.25) is 0 Å². The summed E-state index contributed by atoms with van der Waals surface area (Å²) in [5.41, 5.74) is 8.50. The highest BCUT2D eigenvalue weighted by molar-refractivity contribution is 5.75. The minimum absolute atomic E-state index is 0. The van der Waals surface area contributed by atoms with Crippen molar-refractivity contribution < 1.29 is 4.79 Å². The van der Waals surface area contributed by atoms with Crippen molar-refractivity contribution in [3.8, 4) is 0 Å². The Bertz CT molecular complexity index is 32.6. The minimum Gasteiger partial charge on any atom is -0.352 e. The standard InChI is InChI=1S/CH4N2O.B/c2-1(3)4;/h(H4,2,3,4);. The molecule has 0 fully saturated rings. The fourth-order valence-corrected chi connectivity index (χ4v) is 0. The summed E-state index contributed by atoms with van der Waals surface area (Å²) >= 11 is 0. The van der Waals surface area contributed by atoms with Crippen molar-refractivity contribution in [3.63, 3.8) is 0 Å². The van der Waals surface area contributed by atoms with Crippen molar-refractivity contribution in [1.29, 1.82) is 0 Å². The Morgan fingerprint density at radius 1 is 1.40 bits per heavy atom. The van der Waals surface area contributed by atoms with E-state index in [1.54, 1.807) is 0 Å². The predicted octanol–water partition coefficient (Wildman–Crippen LogP) is -1.36. The summed E-state index contributed by atoms with van der Waals surface area (Å²) in [4.78, 5) is 9.00. The second-order valence-electron chi connectivity index (χ2n) is 0.402. The highest BCUT2D eigenvalue weighted by atomic mass is 16.2. The molecular formula is CH4BN2O. The van der Waals surface area contributed by atoms with E-state index in [9.17, 15) is 0 Å². The Hall–Kier alpha value is -0.665. The Kier molecular flexibility index (Phi) is 5.90. The van der Waals surface area contributed by atoms with Crippen LogP contribution >= 0.6 is 0 Å². The zero-order chi connectivity index (χ0) is 3.58. The number of carbonyl (C=O) groups excluding carboxylic acids is 1. The quantitative estimate of drug-likeness (QED) is 0.340. The molecule has 27 valence electrons. The number of amides is 2. The van der Waals surface area contributed by atoms with Crippen molar-refractivity contribution in [3.05, 3.63) is 0 Å². The number of primary amides is 2. The molecule has 5 heavy (non-hydrogen) atoms. The SMILES string of the molecule is NC(N)=O.[B]. The van der Waals surface area contributed by atoms with Crippen molar-refractivity contribution in [1.82, 2.24) is 0 Å². The summed E-state index contributed by atoms with van der Waals surface area (Å²) in [6, 6.07) is -0.833. The molecule has 0 rings (SSSR count). The third kappa shape index (κ3) is 13.4. The summed E-state index contributed by atoms with van der Waals surface area (Å²) < 4.78 is 0. The average molecular weight is 70.9 g/mol. The van der Waals surface area contributed by atoms with Gasteiger partial charge in [-0.3, -0.25) is 0 Å². The molecule has 0 bridgehead atoms. The van der Waals surface area contributed by atoms with Crippen LogP contribution in [0.5, 0.6) is 0 Å². The number of carbonyl (C=O) groups is 1. The van der Waals surface area contributed by atoms with Gasteiger partial charge in [0.05, 0.1) is 0 Å². The van der Waals surface area contributed by atoms with Gasteiger partial charge in [0.2, 0.25) is 0 Å². The van der Waals surface area contributed by atoms with Gasteiger partial charge >= 0.3 is 6.03 Å². The Balaban J connectivity index is 0. The molecule has 2 amide bonds. The van der Waals surface area contributed by atoms with Crippen LogP contribution in [0.3, 0.4) is 0 Å². The molecule has 0 aliphatic rings. The molecule has 0 aromatic rings. The maximum atomic E-state index is 9.00. The maximum absolute atomic E-state index is 9.00. The largest absolute Gasteiger partial charge is 0.352 e. The van der Waals surface area contributed by atoms with Crippen LogP contribution in [0.1, 0.15) is 0 Å². The van der Waals surface area contributed by atoms with E-state index in [2.05, 4.69) is 11.5 Å². The fraction of sp³-hybridized carbons (Fsp3) is 0. The lowest BCUT2D eigenvalue weighted by Crippen LogP contribution is -2.18. The smallest absolute Gasteiger partial charge is 0.309 e. The lowest BCUT2D eigenvalue weighted by molar-refractivity contribution is 0.256. The van der Waals surface area contributed by atoms with Gasteiger partial charge in [-0.05, 0) is 0 Å². The molecule has 4 N–H and O–H groups in total. The number of urea groups is 1. The Morgan fingerprint density at radius 3 is 1.40 bits per heavy atom. The summed E-state index contributed by atoms with van der Waals surface area (Å²) in [7, 11) is 0. The second-order valence-corrected chi connectivity index (χ2v) is 0.402. The van der Waals surface area contributed by atoms with Crippen LogP contribution in [0.25, 0.3) is 0 Å². The normalized spacial score (nSPS) is 4.80. The van der Waals surface area contributed by atoms with Crippen LogP contribution in [-0.4, -0.2) is 14.4 Å². The first kappa shape index (κ1) is 8.84. The van der Waals surface area contributed by atoms with E-state index >= 15 is 0 Å². The van der Waals surface area contributed by atoms with E-state index in [1.807, 2.05) is 0 Å². The Labute approximate surface area is 31.9 Å². The third-order valence-electron chi connectivity index (χ3n) is 0. The average Bonchev–Trinajstić information content (AvgIpc) is 0.811. The van der Waals surface area contributed by atoms with E-state index in [0.717, 1.165) is 0 Å². The molecule has 3 nitrogen and oxygen atoms in total. The molecule has 0 spiro atoms. The zero-order valence-corrected chi connectivity index (χ0v) is 2.64.